The molecule has 0 aromatic carbocycles. The Kier molecular flexibility index (Phi) is 6.78. The fourth-order valence-electron chi connectivity index (χ4n) is 9.21. The normalized spacial score (nSPS) is 57.7. The van der Waals surface area contributed by atoms with Crippen molar-refractivity contribution in [3.8, 4) is 0 Å². The minimum atomic E-state index is -2.36. The third kappa shape index (κ3) is 3.14. The molecule has 14 atom stereocenters. The largest absolute Gasteiger partial charge is 0.393 e. The maximum absolute atomic E-state index is 12.3. The Balaban J connectivity index is 1.78. The highest BCUT2D eigenvalue weighted by molar-refractivity contribution is 5.33. The van der Waals surface area contributed by atoms with E-state index in [-0.39, 0.29) is 37.5 Å². The van der Waals surface area contributed by atoms with Crippen LogP contribution in [0.15, 0.2) is 0 Å². The van der Waals surface area contributed by atoms with Gasteiger partial charge in [-0.1, -0.05) is 27.7 Å². The summed E-state index contributed by atoms with van der Waals surface area (Å²) in [7, 11) is 0. The summed E-state index contributed by atoms with van der Waals surface area (Å²) in [5.41, 5.74) is -9.20. The highest BCUT2D eigenvalue weighted by Crippen LogP contribution is 2.72. The van der Waals surface area contributed by atoms with E-state index in [2.05, 4.69) is 0 Å². The summed E-state index contributed by atoms with van der Waals surface area (Å²) >= 11 is 0. The van der Waals surface area contributed by atoms with Crippen LogP contribution >= 0.6 is 0 Å². The minimum Gasteiger partial charge on any atom is -0.393 e. The van der Waals surface area contributed by atoms with Gasteiger partial charge in [0.1, 0.15) is 35.1 Å². The fourth-order valence-corrected chi connectivity index (χ4v) is 9.21. The topological polar surface area (TPSA) is 182 Å². The molecule has 4 fully saturated rings. The van der Waals surface area contributed by atoms with Crippen molar-refractivity contribution in [2.75, 3.05) is 0 Å². The van der Waals surface area contributed by atoms with E-state index in [0.717, 1.165) is 0 Å². The second-order valence-corrected chi connectivity index (χ2v) is 12.8. The molecule has 0 saturated heterocycles. The lowest BCUT2D eigenvalue weighted by molar-refractivity contribution is -0.401. The summed E-state index contributed by atoms with van der Waals surface area (Å²) in [4.78, 5) is 0. The molecule has 204 valence electrons. The Morgan fingerprint density at radius 2 is 1.37 bits per heavy atom. The van der Waals surface area contributed by atoms with E-state index in [1.807, 2.05) is 20.8 Å². The van der Waals surface area contributed by atoms with Gasteiger partial charge in [-0.15, -0.1) is 0 Å². The van der Waals surface area contributed by atoms with E-state index in [0.29, 0.717) is 25.7 Å². The van der Waals surface area contributed by atoms with Crippen LogP contribution in [0.3, 0.4) is 0 Å². The van der Waals surface area contributed by atoms with E-state index >= 15 is 0 Å². The predicted molar refractivity (Wildman–Crippen MR) is 126 cm³/mol. The van der Waals surface area contributed by atoms with Gasteiger partial charge in [-0.25, -0.2) is 0 Å². The van der Waals surface area contributed by atoms with Crippen molar-refractivity contribution >= 4 is 0 Å². The summed E-state index contributed by atoms with van der Waals surface area (Å²) in [6.07, 6.45) is -5.98. The molecule has 0 spiro atoms. The van der Waals surface area contributed by atoms with Gasteiger partial charge in [-0.3, -0.25) is 0 Å². The van der Waals surface area contributed by atoms with Gasteiger partial charge in [0.15, 0.2) is 0 Å². The van der Waals surface area contributed by atoms with E-state index in [1.165, 1.54) is 0 Å². The quantitative estimate of drug-likeness (QED) is 0.237. The Labute approximate surface area is 207 Å². The van der Waals surface area contributed by atoms with Crippen LogP contribution in [0.2, 0.25) is 0 Å². The van der Waals surface area contributed by atoms with Gasteiger partial charge < -0.3 is 46.0 Å². The van der Waals surface area contributed by atoms with Crippen molar-refractivity contribution in [2.45, 2.75) is 132 Å². The second kappa shape index (κ2) is 8.58. The number of aliphatic hydroxyl groups is 9. The van der Waals surface area contributed by atoms with Gasteiger partial charge in [-0.2, -0.15) is 0 Å². The predicted octanol–water partition coefficient (Wildman–Crippen LogP) is -0.579. The van der Waals surface area contributed by atoms with E-state index in [4.69, 9.17) is 0 Å². The molecule has 0 aliphatic heterocycles. The van der Waals surface area contributed by atoms with Crippen molar-refractivity contribution in [3.05, 3.63) is 0 Å². The van der Waals surface area contributed by atoms with Crippen LogP contribution in [0.5, 0.6) is 0 Å². The van der Waals surface area contributed by atoms with Crippen LogP contribution in [0.1, 0.15) is 79.1 Å². The summed E-state index contributed by atoms with van der Waals surface area (Å²) < 4.78 is 0. The van der Waals surface area contributed by atoms with Gasteiger partial charge in [0.2, 0.25) is 0 Å². The molecule has 1 unspecified atom stereocenters. The lowest BCUT2D eigenvalue weighted by atomic mass is 9.38. The highest BCUT2D eigenvalue weighted by atomic mass is 16.4. The van der Waals surface area contributed by atoms with E-state index in [1.54, 1.807) is 6.92 Å². The highest BCUT2D eigenvalue weighted by Gasteiger charge is 2.84. The molecule has 4 saturated carbocycles. The summed E-state index contributed by atoms with van der Waals surface area (Å²) in [5, 5.41) is 101. The Morgan fingerprint density at radius 3 is 1.97 bits per heavy atom. The molecule has 0 heterocycles. The maximum Gasteiger partial charge on any atom is 0.128 e. The number of rotatable bonds is 5. The molecule has 4 aliphatic rings. The van der Waals surface area contributed by atoms with Crippen LogP contribution in [-0.4, -0.2) is 99.4 Å². The third-order valence-electron chi connectivity index (χ3n) is 11.5. The molecule has 0 aromatic heterocycles. The van der Waals surface area contributed by atoms with Crippen molar-refractivity contribution in [3.63, 3.8) is 0 Å². The van der Waals surface area contributed by atoms with E-state index in [9.17, 15) is 46.0 Å². The molecule has 4 aliphatic carbocycles. The summed E-state index contributed by atoms with van der Waals surface area (Å²) in [5.74, 6) is -1.16. The lowest BCUT2D eigenvalue weighted by Crippen LogP contribution is -2.88. The Bertz CT molecular complexity index is 812. The second-order valence-electron chi connectivity index (χ2n) is 12.8. The van der Waals surface area contributed by atoms with Gasteiger partial charge in [-0.05, 0) is 63.2 Å². The first-order chi connectivity index (χ1) is 16.1. The monoisotopic (exact) mass is 502 g/mol. The minimum absolute atomic E-state index is 0.00912. The van der Waals surface area contributed by atoms with Gasteiger partial charge in [0.05, 0.1) is 18.3 Å². The SMILES string of the molecule is CC[C@@H](O)CC[C@@H](C)[C@H]1C[C@H](O)[C@@]2(O)[C@@]3(O)C(CC[C@]12C)[C@@]1(C)CC[C@H](O)[C@H](O)[C@]1(O)[C@@H](O)[C@@H]3O. The Hall–Kier alpha value is -0.360. The average Bonchev–Trinajstić information content (AvgIpc) is 3.04. The first-order valence-electron chi connectivity index (χ1n) is 13.3. The molecule has 35 heavy (non-hydrogen) atoms. The van der Waals surface area contributed by atoms with Crippen LogP contribution in [-0.2, 0) is 0 Å². The molecule has 0 radical (unpaired) electrons. The van der Waals surface area contributed by atoms with Crippen molar-refractivity contribution in [2.24, 2.45) is 28.6 Å². The molecule has 0 amide bonds. The number of hydrogen-bond acceptors (Lipinski definition) is 9. The average molecular weight is 503 g/mol. The smallest absolute Gasteiger partial charge is 0.128 e. The standard InChI is InChI=1S/C26H46O9/c1-5-14(27)7-6-13(2)15-12-18(29)26(35)22(15,3)11-9-17-23(4)10-8-16(28)19(30)25(23,34)21(32)20(31)24(17,26)33/h13-21,27-35H,5-12H2,1-4H3/t13-,14-,15-,16+,17?,18+,19+,20+,21+,22-,23-,24-,25+,26+/m1/s1. The van der Waals surface area contributed by atoms with Crippen molar-refractivity contribution < 1.29 is 46.0 Å². The zero-order valence-electron chi connectivity index (χ0n) is 21.4. The molecule has 9 N–H and O–H groups in total. The van der Waals surface area contributed by atoms with Gasteiger partial charge in [0.25, 0.3) is 0 Å². The van der Waals surface area contributed by atoms with Crippen molar-refractivity contribution in [1.82, 2.24) is 0 Å². The molecule has 0 aromatic rings. The lowest BCUT2D eigenvalue weighted by Gasteiger charge is -2.72. The summed E-state index contributed by atoms with van der Waals surface area (Å²) in [6, 6.07) is 0. The molecule has 0 bridgehead atoms. The number of aliphatic hydroxyl groups excluding tert-OH is 6. The zero-order chi connectivity index (χ0) is 26.4. The van der Waals surface area contributed by atoms with Crippen molar-refractivity contribution in [1.29, 1.82) is 0 Å². The van der Waals surface area contributed by atoms with Crippen LogP contribution in [0, 0.1) is 28.6 Å². The fraction of sp³-hybridized carbons (Fsp3) is 1.00. The van der Waals surface area contributed by atoms with Crippen LogP contribution < -0.4 is 0 Å². The third-order valence-corrected chi connectivity index (χ3v) is 11.5. The van der Waals surface area contributed by atoms with E-state index < -0.39 is 70.2 Å². The zero-order valence-corrected chi connectivity index (χ0v) is 21.4. The van der Waals surface area contributed by atoms with Gasteiger partial charge >= 0.3 is 0 Å². The first-order valence-corrected chi connectivity index (χ1v) is 13.3. The van der Waals surface area contributed by atoms with Gasteiger partial charge in [0, 0.05) is 16.7 Å². The molecule has 4 rings (SSSR count). The summed E-state index contributed by atoms with van der Waals surface area (Å²) in [6.45, 7) is 7.35. The molecule has 9 nitrogen and oxygen atoms in total. The maximum atomic E-state index is 12.3. The first kappa shape index (κ1) is 27.7. The molecular weight excluding hydrogens is 456 g/mol. The molecule has 9 heteroatoms. The van der Waals surface area contributed by atoms with Crippen LogP contribution in [0.25, 0.3) is 0 Å². The molecular formula is C26H46O9. The number of fused-ring (bicyclic) bond motifs is 5. The number of hydrogen-bond donors (Lipinski definition) is 9. The Morgan fingerprint density at radius 1 is 0.800 bits per heavy atom. The van der Waals surface area contributed by atoms with Crippen LogP contribution in [0.4, 0.5) is 0 Å².